The minimum atomic E-state index is -0.0341. The van der Waals surface area contributed by atoms with E-state index >= 15 is 0 Å². The highest BCUT2D eigenvalue weighted by Gasteiger charge is 2.16. The first-order valence-corrected chi connectivity index (χ1v) is 10.0. The van der Waals surface area contributed by atoms with Crippen LogP contribution in [0.25, 0.3) is 0 Å². The third-order valence-electron chi connectivity index (χ3n) is 4.80. The molecule has 1 aliphatic rings. The van der Waals surface area contributed by atoms with Gasteiger partial charge in [0.05, 0.1) is 18.6 Å². The summed E-state index contributed by atoms with van der Waals surface area (Å²) in [5.74, 6) is 2.91. The first-order chi connectivity index (χ1) is 12.2. The second-order valence-electron chi connectivity index (χ2n) is 6.65. The molecule has 1 aliphatic carbocycles. The van der Waals surface area contributed by atoms with Crippen LogP contribution in [0.3, 0.4) is 0 Å². The van der Waals surface area contributed by atoms with Crippen molar-refractivity contribution in [1.29, 1.82) is 0 Å². The van der Waals surface area contributed by atoms with Crippen molar-refractivity contribution in [2.45, 2.75) is 56.6 Å². The summed E-state index contributed by atoms with van der Waals surface area (Å²) in [6.07, 6.45) is 10.6. The Morgan fingerprint density at radius 3 is 2.96 bits per heavy atom. The number of carbonyl (C=O) groups excluding carboxylic acids is 1. The van der Waals surface area contributed by atoms with E-state index in [9.17, 15) is 4.79 Å². The minimum Gasteiger partial charge on any atom is -0.467 e. The molecule has 1 saturated carbocycles. The number of hydrogen-bond donors (Lipinski definition) is 1. The predicted octanol–water partition coefficient (Wildman–Crippen LogP) is 3.33. The average molecular weight is 362 g/mol. The molecule has 1 amide bonds. The van der Waals surface area contributed by atoms with E-state index in [-0.39, 0.29) is 5.91 Å². The molecule has 0 radical (unpaired) electrons. The van der Waals surface area contributed by atoms with Gasteiger partial charge in [-0.2, -0.15) is 0 Å². The lowest BCUT2D eigenvalue weighted by molar-refractivity contribution is -0.118. The van der Waals surface area contributed by atoms with Crippen molar-refractivity contribution >= 4 is 17.7 Å². The fourth-order valence-corrected chi connectivity index (χ4v) is 4.04. The molecule has 0 saturated heterocycles. The number of hydrogen-bond acceptors (Lipinski definition) is 5. The van der Waals surface area contributed by atoms with E-state index in [1.165, 1.54) is 50.3 Å². The van der Waals surface area contributed by atoms with E-state index in [1.54, 1.807) is 6.26 Å². The van der Waals surface area contributed by atoms with Gasteiger partial charge in [-0.3, -0.25) is 4.79 Å². The molecule has 6 nitrogen and oxygen atoms in total. The Morgan fingerprint density at radius 2 is 2.20 bits per heavy atom. The van der Waals surface area contributed by atoms with Gasteiger partial charge in [-0.15, -0.1) is 10.2 Å². The normalized spacial score (nSPS) is 15.4. The molecule has 0 bridgehead atoms. The molecule has 0 spiro atoms. The monoisotopic (exact) mass is 362 g/mol. The summed E-state index contributed by atoms with van der Waals surface area (Å²) in [4.78, 5) is 11.9. The molecule has 25 heavy (non-hydrogen) atoms. The molecule has 2 aromatic rings. The molecule has 0 atom stereocenters. The lowest BCUT2D eigenvalue weighted by atomic mass is 9.86. The van der Waals surface area contributed by atoms with Gasteiger partial charge < -0.3 is 14.3 Å². The lowest BCUT2D eigenvalue weighted by Gasteiger charge is -2.20. The molecule has 1 N–H and O–H groups in total. The number of aromatic nitrogens is 3. The zero-order valence-corrected chi connectivity index (χ0v) is 15.6. The second kappa shape index (κ2) is 9.08. The number of rotatable bonds is 8. The Balaban J connectivity index is 1.41. The van der Waals surface area contributed by atoms with Gasteiger partial charge in [-0.1, -0.05) is 43.9 Å². The van der Waals surface area contributed by atoms with Crippen molar-refractivity contribution in [3.63, 3.8) is 0 Å². The highest BCUT2D eigenvalue weighted by molar-refractivity contribution is 7.99. The van der Waals surface area contributed by atoms with Crippen molar-refractivity contribution in [3.05, 3.63) is 30.0 Å². The van der Waals surface area contributed by atoms with Crippen LogP contribution in [0, 0.1) is 5.92 Å². The number of furan rings is 1. The van der Waals surface area contributed by atoms with Gasteiger partial charge in [0.15, 0.2) is 5.16 Å². The second-order valence-corrected chi connectivity index (χ2v) is 7.59. The van der Waals surface area contributed by atoms with E-state index in [4.69, 9.17) is 4.42 Å². The lowest BCUT2D eigenvalue weighted by Crippen LogP contribution is -2.24. The molecule has 0 unspecified atom stereocenters. The standard InChI is InChI=1S/C18H26N4O2S/c1-22-16(10-9-14-6-3-2-4-7-14)20-21-18(22)25-13-17(23)19-12-15-8-5-11-24-15/h5,8,11,14H,2-4,6-7,9-10,12-13H2,1H3,(H,19,23). The van der Waals surface area contributed by atoms with Crippen molar-refractivity contribution in [2.24, 2.45) is 13.0 Å². The smallest absolute Gasteiger partial charge is 0.230 e. The summed E-state index contributed by atoms with van der Waals surface area (Å²) >= 11 is 1.42. The molecule has 2 heterocycles. The summed E-state index contributed by atoms with van der Waals surface area (Å²) in [6, 6.07) is 3.65. The molecule has 0 aromatic carbocycles. The summed E-state index contributed by atoms with van der Waals surface area (Å²) in [7, 11) is 1.99. The summed E-state index contributed by atoms with van der Waals surface area (Å²) in [6.45, 7) is 0.415. The highest BCUT2D eigenvalue weighted by Crippen LogP contribution is 2.27. The van der Waals surface area contributed by atoms with Crippen LogP contribution in [0.4, 0.5) is 0 Å². The minimum absolute atomic E-state index is 0.0341. The van der Waals surface area contributed by atoms with Crippen molar-refractivity contribution in [3.8, 4) is 0 Å². The van der Waals surface area contributed by atoms with Crippen molar-refractivity contribution in [1.82, 2.24) is 20.1 Å². The molecular weight excluding hydrogens is 336 g/mol. The first kappa shape index (κ1) is 18.0. The number of thioether (sulfide) groups is 1. The van der Waals surface area contributed by atoms with E-state index in [0.717, 1.165) is 29.1 Å². The molecule has 7 heteroatoms. The molecule has 1 fully saturated rings. The maximum Gasteiger partial charge on any atom is 0.230 e. The third-order valence-corrected chi connectivity index (χ3v) is 5.82. The summed E-state index contributed by atoms with van der Waals surface area (Å²) in [5.41, 5.74) is 0. The molecular formula is C18H26N4O2S. The maximum atomic E-state index is 11.9. The van der Waals surface area contributed by atoms with Crippen molar-refractivity contribution in [2.75, 3.05) is 5.75 Å². The molecule has 3 rings (SSSR count). The van der Waals surface area contributed by atoms with Crippen molar-refractivity contribution < 1.29 is 9.21 Å². The summed E-state index contributed by atoms with van der Waals surface area (Å²) < 4.78 is 7.22. The molecule has 136 valence electrons. The summed E-state index contributed by atoms with van der Waals surface area (Å²) in [5, 5.41) is 12.2. The molecule has 0 aliphatic heterocycles. The van der Waals surface area contributed by atoms with Gasteiger partial charge >= 0.3 is 0 Å². The van der Waals surface area contributed by atoms with Crippen LogP contribution in [-0.2, 0) is 24.8 Å². The Hall–Kier alpha value is -1.76. The number of nitrogens with zero attached hydrogens (tertiary/aromatic N) is 3. The van der Waals surface area contributed by atoms with Gasteiger partial charge in [-0.05, 0) is 24.5 Å². The van der Waals surface area contributed by atoms with Crippen LogP contribution in [0.2, 0.25) is 0 Å². The fourth-order valence-electron chi connectivity index (χ4n) is 3.28. The van der Waals surface area contributed by atoms with Gasteiger partial charge in [0.1, 0.15) is 11.6 Å². The number of nitrogens with one attached hydrogen (secondary N) is 1. The first-order valence-electron chi connectivity index (χ1n) is 9.02. The predicted molar refractivity (Wildman–Crippen MR) is 97.2 cm³/mol. The van der Waals surface area contributed by atoms with E-state index < -0.39 is 0 Å². The highest BCUT2D eigenvalue weighted by atomic mass is 32.2. The van der Waals surface area contributed by atoms with Gasteiger partial charge in [0, 0.05) is 13.5 Å². The van der Waals surface area contributed by atoms with Gasteiger partial charge in [0.2, 0.25) is 5.91 Å². The Bertz CT molecular complexity index is 663. The van der Waals surface area contributed by atoms with Crippen LogP contribution in [0.5, 0.6) is 0 Å². The quantitative estimate of drug-likeness (QED) is 0.729. The van der Waals surface area contributed by atoms with Crippen LogP contribution < -0.4 is 5.32 Å². The Labute approximate surface area is 152 Å². The van der Waals surface area contributed by atoms with Crippen LogP contribution in [0.1, 0.15) is 50.1 Å². The van der Waals surface area contributed by atoms with Crippen LogP contribution in [0.15, 0.2) is 28.0 Å². The van der Waals surface area contributed by atoms with Crippen LogP contribution in [-0.4, -0.2) is 26.4 Å². The van der Waals surface area contributed by atoms with Crippen LogP contribution >= 0.6 is 11.8 Å². The SMILES string of the molecule is Cn1c(CCC2CCCCC2)nnc1SCC(=O)NCc1ccco1. The average Bonchev–Trinajstić information content (AvgIpc) is 3.27. The Morgan fingerprint density at radius 1 is 1.36 bits per heavy atom. The van der Waals surface area contributed by atoms with Gasteiger partial charge in [0.25, 0.3) is 0 Å². The largest absolute Gasteiger partial charge is 0.467 e. The maximum absolute atomic E-state index is 11.9. The zero-order chi connectivity index (χ0) is 17.5. The van der Waals surface area contributed by atoms with Gasteiger partial charge in [-0.25, -0.2) is 0 Å². The third kappa shape index (κ3) is 5.36. The number of aryl methyl sites for hydroxylation is 1. The fraction of sp³-hybridized carbons (Fsp3) is 0.611. The number of carbonyl (C=O) groups is 1. The molecule has 2 aromatic heterocycles. The topological polar surface area (TPSA) is 73.0 Å². The Kier molecular flexibility index (Phi) is 6.55. The van der Waals surface area contributed by atoms with E-state index in [2.05, 4.69) is 15.5 Å². The van der Waals surface area contributed by atoms with E-state index in [0.29, 0.717) is 12.3 Å². The zero-order valence-electron chi connectivity index (χ0n) is 14.7. The number of amides is 1. The van der Waals surface area contributed by atoms with E-state index in [1.807, 2.05) is 23.7 Å².